The molecule has 0 spiro atoms. The Hall–Kier alpha value is -0.260. The van der Waals surface area contributed by atoms with Crippen LogP contribution in [0.15, 0.2) is 0 Å². The number of unbranched alkanes of at least 4 members (excludes halogenated alkanes) is 2. The first kappa shape index (κ1) is 10.7. The summed E-state index contributed by atoms with van der Waals surface area (Å²) in [6.07, 6.45) is 2.58. The van der Waals surface area contributed by atoms with Gasteiger partial charge < -0.3 is 5.73 Å². The number of hydrogen-bond donors (Lipinski definition) is 1. The highest BCUT2D eigenvalue weighted by atomic mass is 35.5. The maximum Gasteiger partial charge on any atom is 0.0621 e. The van der Waals surface area contributed by atoms with E-state index in [2.05, 4.69) is 0 Å². The Balaban J connectivity index is 0. The van der Waals surface area contributed by atoms with Gasteiger partial charge in [-0.25, -0.2) is 0 Å². The van der Waals surface area contributed by atoms with E-state index in [0.29, 0.717) is 13.0 Å². The van der Waals surface area contributed by atoms with E-state index in [9.17, 15) is 0 Å². The average Bonchev–Trinajstić information content (AvgIpc) is 1.69. The summed E-state index contributed by atoms with van der Waals surface area (Å²) in [5.41, 5.74) is 5.16. The first-order chi connectivity index (χ1) is 3.41. The molecule has 0 saturated heterocycles. The molecule has 0 aliphatic carbocycles. The molecular weight excluding hydrogens is 124 g/mol. The van der Waals surface area contributed by atoms with Gasteiger partial charge in [0.15, 0.2) is 0 Å². The second kappa shape index (κ2) is 9.88. The van der Waals surface area contributed by atoms with Crippen LogP contribution >= 0.6 is 12.4 Å². The molecule has 0 aromatic heterocycles. The third-order valence-corrected chi connectivity index (χ3v) is 0.743. The van der Waals surface area contributed by atoms with E-state index >= 15 is 0 Å². The van der Waals surface area contributed by atoms with Gasteiger partial charge in [-0.15, -0.1) is 12.4 Å². The Labute approximate surface area is 56.1 Å². The van der Waals surface area contributed by atoms with Gasteiger partial charge >= 0.3 is 0 Å². The Bertz CT molecular complexity index is 67.3. The summed E-state index contributed by atoms with van der Waals surface area (Å²) in [7, 11) is 0. The Morgan fingerprint density at radius 2 is 2.00 bits per heavy atom. The van der Waals surface area contributed by atoms with E-state index in [1.54, 1.807) is 0 Å². The van der Waals surface area contributed by atoms with Crippen LogP contribution in [0.4, 0.5) is 0 Å². The average molecular weight is 135 g/mol. The molecule has 0 aliphatic rings. The topological polar surface area (TPSA) is 49.8 Å². The first-order valence-corrected chi connectivity index (χ1v) is 2.49. The fourth-order valence-electron chi connectivity index (χ4n) is 0.348. The molecule has 2 N–H and O–H groups in total. The van der Waals surface area contributed by atoms with Gasteiger partial charge in [-0.3, -0.25) is 0 Å². The van der Waals surface area contributed by atoms with Crippen molar-refractivity contribution in [3.05, 3.63) is 0 Å². The fraction of sp³-hybridized carbons (Fsp3) is 0.800. The molecule has 0 amide bonds. The predicted molar refractivity (Wildman–Crippen MR) is 35.8 cm³/mol. The van der Waals surface area contributed by atoms with Gasteiger partial charge in [0.25, 0.3) is 0 Å². The summed E-state index contributed by atoms with van der Waals surface area (Å²) < 4.78 is 0. The number of rotatable bonds is 3. The predicted octanol–water partition coefficient (Wildman–Crippen LogP) is 1.06. The van der Waals surface area contributed by atoms with Crippen LogP contribution in [0.1, 0.15) is 19.3 Å². The van der Waals surface area contributed by atoms with Crippen LogP contribution in [0, 0.1) is 11.3 Å². The van der Waals surface area contributed by atoms with Crippen molar-refractivity contribution in [3.8, 4) is 6.07 Å². The van der Waals surface area contributed by atoms with Crippen LogP contribution in [-0.4, -0.2) is 6.54 Å². The largest absolute Gasteiger partial charge is 0.330 e. The van der Waals surface area contributed by atoms with Crippen molar-refractivity contribution in [2.45, 2.75) is 19.3 Å². The molecule has 3 heteroatoms. The highest BCUT2D eigenvalue weighted by Gasteiger charge is 1.79. The van der Waals surface area contributed by atoms with E-state index in [1.807, 2.05) is 6.07 Å². The molecule has 0 unspecified atom stereocenters. The lowest BCUT2D eigenvalue weighted by Gasteiger charge is -1.85. The van der Waals surface area contributed by atoms with E-state index in [0.717, 1.165) is 12.8 Å². The van der Waals surface area contributed by atoms with Gasteiger partial charge in [0, 0.05) is 6.42 Å². The van der Waals surface area contributed by atoms with Crippen molar-refractivity contribution >= 4 is 12.4 Å². The molecule has 0 bridgehead atoms. The molecule has 0 aromatic rings. The van der Waals surface area contributed by atoms with Crippen LogP contribution < -0.4 is 5.73 Å². The summed E-state index contributed by atoms with van der Waals surface area (Å²) in [6.45, 7) is 0.710. The second-order valence-corrected chi connectivity index (χ2v) is 1.40. The molecule has 2 nitrogen and oxygen atoms in total. The van der Waals surface area contributed by atoms with Gasteiger partial charge in [-0.2, -0.15) is 5.26 Å². The normalized spacial score (nSPS) is 7.00. The van der Waals surface area contributed by atoms with Gasteiger partial charge in [0.1, 0.15) is 0 Å². The van der Waals surface area contributed by atoms with Crippen LogP contribution in [0.5, 0.6) is 0 Å². The standard InChI is InChI=1S/C5H10N2.ClH/c6-4-2-1-3-5-7;/h1-4,6H2;1H. The lowest BCUT2D eigenvalue weighted by Crippen LogP contribution is -1.96. The van der Waals surface area contributed by atoms with Gasteiger partial charge in [-0.1, -0.05) is 0 Å². The highest BCUT2D eigenvalue weighted by molar-refractivity contribution is 5.85. The second-order valence-electron chi connectivity index (χ2n) is 1.40. The Morgan fingerprint density at radius 1 is 1.38 bits per heavy atom. The molecule has 0 saturated carbocycles. The van der Waals surface area contributed by atoms with Gasteiger partial charge in [-0.05, 0) is 19.4 Å². The summed E-state index contributed by atoms with van der Waals surface area (Å²) in [4.78, 5) is 0. The van der Waals surface area contributed by atoms with Crippen molar-refractivity contribution in [1.29, 1.82) is 5.26 Å². The summed E-state index contributed by atoms with van der Waals surface area (Å²) >= 11 is 0. The summed E-state index contributed by atoms with van der Waals surface area (Å²) in [5, 5.41) is 8.00. The molecule has 0 atom stereocenters. The molecule has 8 heavy (non-hydrogen) atoms. The van der Waals surface area contributed by atoms with Crippen molar-refractivity contribution < 1.29 is 0 Å². The zero-order chi connectivity index (χ0) is 5.54. The number of halogens is 1. The first-order valence-electron chi connectivity index (χ1n) is 2.49. The van der Waals surface area contributed by atoms with Crippen molar-refractivity contribution in [2.75, 3.05) is 6.54 Å². The number of nitrogens with zero attached hydrogens (tertiary/aromatic N) is 1. The van der Waals surface area contributed by atoms with Crippen molar-refractivity contribution in [3.63, 3.8) is 0 Å². The molecule has 0 heterocycles. The monoisotopic (exact) mass is 134 g/mol. The fourth-order valence-corrected chi connectivity index (χ4v) is 0.348. The maximum absolute atomic E-state index is 8.00. The number of hydrogen-bond acceptors (Lipinski definition) is 2. The number of nitriles is 1. The molecule has 0 radical (unpaired) electrons. The molecule has 48 valence electrons. The molecule has 0 aliphatic heterocycles. The van der Waals surface area contributed by atoms with Gasteiger partial charge in [0.2, 0.25) is 0 Å². The van der Waals surface area contributed by atoms with Crippen molar-refractivity contribution in [2.24, 2.45) is 5.73 Å². The SMILES string of the molecule is Cl.N#CCCCCN. The van der Waals surface area contributed by atoms with E-state index < -0.39 is 0 Å². The van der Waals surface area contributed by atoms with Crippen molar-refractivity contribution in [1.82, 2.24) is 0 Å². The minimum absolute atomic E-state index is 0. The minimum atomic E-state index is 0. The third kappa shape index (κ3) is 9.22. The lowest BCUT2D eigenvalue weighted by atomic mass is 10.2. The number of nitrogens with two attached hydrogens (primary N) is 1. The maximum atomic E-state index is 8.00. The van der Waals surface area contributed by atoms with E-state index in [4.69, 9.17) is 11.0 Å². The minimum Gasteiger partial charge on any atom is -0.330 e. The van der Waals surface area contributed by atoms with E-state index in [-0.39, 0.29) is 12.4 Å². The van der Waals surface area contributed by atoms with Crippen LogP contribution in [0.3, 0.4) is 0 Å². The molecule has 0 aromatic carbocycles. The molecular formula is C5H11ClN2. The quantitative estimate of drug-likeness (QED) is 0.587. The van der Waals surface area contributed by atoms with Crippen LogP contribution in [0.2, 0.25) is 0 Å². The van der Waals surface area contributed by atoms with Crippen LogP contribution in [-0.2, 0) is 0 Å². The summed E-state index contributed by atoms with van der Waals surface area (Å²) in [6, 6.07) is 2.05. The Kier molecular flexibility index (Phi) is 13.2. The van der Waals surface area contributed by atoms with Crippen LogP contribution in [0.25, 0.3) is 0 Å². The highest BCUT2D eigenvalue weighted by Crippen LogP contribution is 1.88. The third-order valence-electron chi connectivity index (χ3n) is 0.743. The smallest absolute Gasteiger partial charge is 0.0621 e. The zero-order valence-corrected chi connectivity index (χ0v) is 5.58. The molecule has 0 rings (SSSR count). The molecule has 0 fully saturated rings. The zero-order valence-electron chi connectivity index (χ0n) is 4.76. The lowest BCUT2D eigenvalue weighted by molar-refractivity contribution is 0.764. The van der Waals surface area contributed by atoms with E-state index in [1.165, 1.54) is 0 Å². The Morgan fingerprint density at radius 3 is 2.38 bits per heavy atom. The van der Waals surface area contributed by atoms with Gasteiger partial charge in [0.05, 0.1) is 6.07 Å². The summed E-state index contributed by atoms with van der Waals surface area (Å²) in [5.74, 6) is 0.